The van der Waals surface area contributed by atoms with Gasteiger partial charge in [0.25, 0.3) is 5.91 Å². The zero-order valence-corrected chi connectivity index (χ0v) is 16.0. The second-order valence-electron chi connectivity index (χ2n) is 6.65. The molecular formula is C18H30N3O3S+. The summed E-state index contributed by atoms with van der Waals surface area (Å²) in [4.78, 5) is 13.2. The molecule has 2 N–H and O–H groups in total. The molecule has 7 heteroatoms. The van der Waals surface area contributed by atoms with Gasteiger partial charge < -0.3 is 10.2 Å². The van der Waals surface area contributed by atoms with Gasteiger partial charge in [0.05, 0.1) is 31.9 Å². The molecule has 6 nitrogen and oxygen atoms in total. The predicted molar refractivity (Wildman–Crippen MR) is 98.7 cm³/mol. The number of quaternary nitrogens is 1. The molecule has 0 aliphatic carbocycles. The lowest BCUT2D eigenvalue weighted by molar-refractivity contribution is -0.895. The third-order valence-electron chi connectivity index (χ3n) is 4.78. The monoisotopic (exact) mass is 368 g/mol. The highest BCUT2D eigenvalue weighted by Gasteiger charge is 2.30. The summed E-state index contributed by atoms with van der Waals surface area (Å²) in [6, 6.07) is 9.49. The van der Waals surface area contributed by atoms with Crippen LogP contribution in [0.3, 0.4) is 0 Å². The fourth-order valence-electron chi connectivity index (χ4n) is 3.13. The average molecular weight is 369 g/mol. The van der Waals surface area contributed by atoms with Crippen LogP contribution in [0.4, 0.5) is 0 Å². The maximum absolute atomic E-state index is 12.5. The van der Waals surface area contributed by atoms with Crippen LogP contribution in [0, 0.1) is 0 Å². The molecule has 1 aromatic rings. The maximum Gasteiger partial charge on any atom is 0.275 e. The van der Waals surface area contributed by atoms with Crippen molar-refractivity contribution in [3.05, 3.63) is 35.9 Å². The normalized spacial score (nSPS) is 16.9. The van der Waals surface area contributed by atoms with Crippen LogP contribution in [-0.2, 0) is 20.6 Å². The molecule has 1 amide bonds. The molecule has 0 aromatic heterocycles. The van der Waals surface area contributed by atoms with E-state index < -0.39 is 10.0 Å². The summed E-state index contributed by atoms with van der Waals surface area (Å²) in [5.74, 6) is 0.0995. The minimum absolute atomic E-state index is 0.0400. The Morgan fingerprint density at radius 2 is 1.76 bits per heavy atom. The molecule has 1 aromatic carbocycles. The van der Waals surface area contributed by atoms with Crippen molar-refractivity contribution < 1.29 is 18.1 Å². The van der Waals surface area contributed by atoms with E-state index >= 15 is 0 Å². The zero-order valence-electron chi connectivity index (χ0n) is 15.2. The molecule has 0 spiro atoms. The van der Waals surface area contributed by atoms with E-state index in [0.29, 0.717) is 32.7 Å². The quantitative estimate of drug-likeness (QED) is 0.680. The van der Waals surface area contributed by atoms with Gasteiger partial charge in [-0.05, 0) is 18.4 Å². The number of amides is 1. The third kappa shape index (κ3) is 6.09. The number of sulfonamides is 1. The van der Waals surface area contributed by atoms with Gasteiger partial charge in [-0.25, -0.2) is 8.42 Å². The molecule has 1 saturated heterocycles. The lowest BCUT2D eigenvalue weighted by Gasteiger charge is -2.31. The smallest absolute Gasteiger partial charge is 0.275 e. The highest BCUT2D eigenvalue weighted by Crippen LogP contribution is 2.10. The molecule has 140 valence electrons. The fraction of sp³-hybridized carbons (Fsp3) is 0.611. The van der Waals surface area contributed by atoms with Crippen molar-refractivity contribution in [2.45, 2.75) is 38.5 Å². The molecule has 0 unspecified atom stereocenters. The molecule has 0 saturated carbocycles. The van der Waals surface area contributed by atoms with Gasteiger partial charge in [0.15, 0.2) is 6.54 Å². The first kappa shape index (κ1) is 19.9. The SMILES string of the molecule is CCC(CC)NC(=O)C[NH+]1CCN(S(=O)(=O)Cc2ccccc2)CC1. The molecule has 0 radical (unpaired) electrons. The standard InChI is InChI=1S/C18H29N3O3S/c1-3-17(4-2)19-18(22)14-20-10-12-21(13-11-20)25(23,24)15-16-8-6-5-7-9-16/h5-9,17H,3-4,10-15H2,1-2H3,(H,19,22)/p+1. The molecule has 1 fully saturated rings. The second kappa shape index (κ2) is 9.31. The highest BCUT2D eigenvalue weighted by molar-refractivity contribution is 7.88. The number of carbonyl (C=O) groups excluding carboxylic acids is 1. The van der Waals surface area contributed by atoms with Crippen LogP contribution in [0.5, 0.6) is 0 Å². The lowest BCUT2D eigenvalue weighted by atomic mass is 10.2. The first-order valence-electron chi connectivity index (χ1n) is 9.09. The molecule has 1 aliphatic heterocycles. The van der Waals surface area contributed by atoms with E-state index in [1.807, 2.05) is 30.3 Å². The third-order valence-corrected chi connectivity index (χ3v) is 6.63. The summed E-state index contributed by atoms with van der Waals surface area (Å²) in [6.07, 6.45) is 1.87. The summed E-state index contributed by atoms with van der Waals surface area (Å²) >= 11 is 0. The molecule has 1 heterocycles. The van der Waals surface area contributed by atoms with Crippen LogP contribution < -0.4 is 10.2 Å². The summed E-state index contributed by atoms with van der Waals surface area (Å²) < 4.78 is 26.6. The van der Waals surface area contributed by atoms with Crippen LogP contribution in [0.25, 0.3) is 0 Å². The van der Waals surface area contributed by atoms with Gasteiger partial charge in [-0.1, -0.05) is 44.2 Å². The first-order valence-corrected chi connectivity index (χ1v) is 10.7. The average Bonchev–Trinajstić information content (AvgIpc) is 2.60. The van der Waals surface area contributed by atoms with Crippen LogP contribution >= 0.6 is 0 Å². The van der Waals surface area contributed by atoms with E-state index in [0.717, 1.165) is 23.3 Å². The largest absolute Gasteiger partial charge is 0.349 e. The Hall–Kier alpha value is -1.44. The summed E-state index contributed by atoms with van der Waals surface area (Å²) in [5, 5.41) is 3.05. The van der Waals surface area contributed by atoms with Crippen molar-refractivity contribution in [2.24, 2.45) is 0 Å². The second-order valence-corrected chi connectivity index (χ2v) is 8.62. The number of carbonyl (C=O) groups is 1. The van der Waals surface area contributed by atoms with Crippen molar-refractivity contribution in [3.63, 3.8) is 0 Å². The topological polar surface area (TPSA) is 70.9 Å². The Labute approximate surface area is 151 Å². The lowest BCUT2D eigenvalue weighted by Crippen LogP contribution is -3.15. The van der Waals surface area contributed by atoms with Gasteiger partial charge in [-0.3, -0.25) is 4.79 Å². The van der Waals surface area contributed by atoms with E-state index in [-0.39, 0.29) is 17.7 Å². The van der Waals surface area contributed by atoms with Crippen molar-refractivity contribution in [3.8, 4) is 0 Å². The molecular weight excluding hydrogens is 338 g/mol. The van der Waals surface area contributed by atoms with E-state index in [4.69, 9.17) is 0 Å². The molecule has 0 bridgehead atoms. The Kier molecular flexibility index (Phi) is 7.40. The summed E-state index contributed by atoms with van der Waals surface area (Å²) in [6.45, 7) is 6.85. The van der Waals surface area contributed by atoms with E-state index in [1.54, 1.807) is 4.31 Å². The molecule has 25 heavy (non-hydrogen) atoms. The first-order chi connectivity index (χ1) is 11.9. The van der Waals surface area contributed by atoms with Gasteiger partial charge >= 0.3 is 0 Å². The van der Waals surface area contributed by atoms with Crippen LogP contribution in [0.2, 0.25) is 0 Å². The van der Waals surface area contributed by atoms with Gasteiger partial charge in [0.1, 0.15) is 0 Å². The Morgan fingerprint density at radius 3 is 2.32 bits per heavy atom. The molecule has 1 aliphatic rings. The number of hydrogen-bond acceptors (Lipinski definition) is 3. The maximum atomic E-state index is 12.5. The predicted octanol–water partition coefficient (Wildman–Crippen LogP) is 0.0217. The Bertz CT molecular complexity index is 637. The minimum Gasteiger partial charge on any atom is -0.349 e. The summed E-state index contributed by atoms with van der Waals surface area (Å²) in [5.41, 5.74) is 0.807. The van der Waals surface area contributed by atoms with Gasteiger partial charge in [-0.2, -0.15) is 4.31 Å². The van der Waals surface area contributed by atoms with Crippen molar-refractivity contribution >= 4 is 15.9 Å². The van der Waals surface area contributed by atoms with Gasteiger partial charge in [0, 0.05) is 6.04 Å². The Morgan fingerprint density at radius 1 is 1.16 bits per heavy atom. The van der Waals surface area contributed by atoms with Crippen LogP contribution in [-0.4, -0.2) is 57.4 Å². The number of rotatable bonds is 8. The van der Waals surface area contributed by atoms with E-state index in [9.17, 15) is 13.2 Å². The van der Waals surface area contributed by atoms with E-state index in [2.05, 4.69) is 19.2 Å². The van der Waals surface area contributed by atoms with E-state index in [1.165, 1.54) is 0 Å². The minimum atomic E-state index is -3.30. The summed E-state index contributed by atoms with van der Waals surface area (Å²) in [7, 11) is -3.30. The molecule has 2 rings (SSSR count). The Balaban J connectivity index is 1.81. The van der Waals surface area contributed by atoms with Gasteiger partial charge in [-0.15, -0.1) is 0 Å². The van der Waals surface area contributed by atoms with Crippen LogP contribution in [0.15, 0.2) is 30.3 Å². The van der Waals surface area contributed by atoms with Crippen molar-refractivity contribution in [2.75, 3.05) is 32.7 Å². The van der Waals surface area contributed by atoms with Gasteiger partial charge in [0.2, 0.25) is 10.0 Å². The number of hydrogen-bond donors (Lipinski definition) is 2. The van der Waals surface area contributed by atoms with Crippen molar-refractivity contribution in [1.29, 1.82) is 0 Å². The zero-order chi connectivity index (χ0) is 18.3. The number of nitrogens with one attached hydrogen (secondary N) is 2. The number of benzene rings is 1. The molecule has 0 atom stereocenters. The fourth-order valence-corrected chi connectivity index (χ4v) is 4.67. The van der Waals surface area contributed by atoms with Crippen LogP contribution in [0.1, 0.15) is 32.3 Å². The number of piperazine rings is 1. The van der Waals surface area contributed by atoms with Crippen molar-refractivity contribution in [1.82, 2.24) is 9.62 Å². The highest BCUT2D eigenvalue weighted by atomic mass is 32.2. The number of nitrogens with zero attached hydrogens (tertiary/aromatic N) is 1.